The van der Waals surface area contributed by atoms with Crippen molar-refractivity contribution in [2.75, 3.05) is 4.90 Å². The van der Waals surface area contributed by atoms with E-state index in [9.17, 15) is 0 Å². The first-order chi connectivity index (χ1) is 38.4. The van der Waals surface area contributed by atoms with Gasteiger partial charge in [0, 0.05) is 33.6 Å². The van der Waals surface area contributed by atoms with E-state index in [0.717, 1.165) is 28.2 Å². The van der Waals surface area contributed by atoms with Crippen molar-refractivity contribution in [2.45, 2.75) is 194 Å². The Morgan fingerprint density at radius 2 is 0.286 bits per heavy atom. The van der Waals surface area contributed by atoms with Gasteiger partial charge in [0.2, 0.25) is 0 Å². The number of para-hydroxylation sites is 2. The van der Waals surface area contributed by atoms with Crippen LogP contribution in [0.15, 0.2) is 212 Å². The van der Waals surface area contributed by atoms with Gasteiger partial charge in [-0.3, -0.25) is 0 Å². The highest BCUT2D eigenvalue weighted by molar-refractivity contribution is 6.16. The minimum absolute atomic E-state index is 1.09. The van der Waals surface area contributed by atoms with Crippen LogP contribution in [0.4, 0.5) is 17.1 Å². The molecule has 1 heteroatoms. The van der Waals surface area contributed by atoms with Crippen LogP contribution >= 0.6 is 0 Å². The molecular formula is C76H119N. The molecule has 0 fully saturated rings. The first-order valence-electron chi connectivity index (χ1n) is 30.8. The van der Waals surface area contributed by atoms with E-state index in [1.807, 2.05) is 194 Å². The molecule has 0 unspecified atom stereocenters. The maximum atomic E-state index is 2.46. The Morgan fingerprint density at radius 1 is 0.156 bits per heavy atom. The van der Waals surface area contributed by atoms with Crippen LogP contribution in [0.1, 0.15) is 194 Å². The Hall–Kier alpha value is -6.44. The second-order valence-corrected chi connectivity index (χ2v) is 12.1. The third kappa shape index (κ3) is 28.5. The molecule has 0 amide bonds. The second kappa shape index (κ2) is 65.7. The zero-order valence-electron chi connectivity index (χ0n) is 55.2. The SMILES string of the molecule is CC.CC.CC.CC.CC.CC.CC.CC.CC.CC.CC.CC.CC.CC.c1ccc(-c2c(-c3ccccc3)c(-c3ccccc3)c(N(c3ccccc3)c3ccccc3)c(-c3ccccc3)c2-c2ccccc2)cc1. The molecule has 8 aromatic rings. The lowest BCUT2D eigenvalue weighted by Gasteiger charge is -2.35. The molecule has 1 nitrogen and oxygen atoms in total. The van der Waals surface area contributed by atoms with Gasteiger partial charge in [-0.25, -0.2) is 0 Å². The summed E-state index contributed by atoms with van der Waals surface area (Å²) in [7, 11) is 0. The topological polar surface area (TPSA) is 3.24 Å². The lowest BCUT2D eigenvalue weighted by atomic mass is 9.77. The molecule has 8 aromatic carbocycles. The molecule has 0 heterocycles. The van der Waals surface area contributed by atoms with Gasteiger partial charge in [-0.15, -0.1) is 0 Å². The molecule has 8 rings (SSSR count). The minimum atomic E-state index is 1.09. The van der Waals surface area contributed by atoms with Crippen molar-refractivity contribution in [2.24, 2.45) is 0 Å². The molecule has 0 aliphatic rings. The minimum Gasteiger partial charge on any atom is -0.309 e. The average molecular weight is 1050 g/mol. The molecular weight excluding hydrogens is 927 g/mol. The summed E-state index contributed by atoms with van der Waals surface area (Å²) in [4.78, 5) is 2.46. The number of nitrogens with zero attached hydrogens (tertiary/aromatic N) is 1. The summed E-state index contributed by atoms with van der Waals surface area (Å²) >= 11 is 0. The van der Waals surface area contributed by atoms with E-state index in [1.54, 1.807) is 0 Å². The third-order valence-corrected chi connectivity index (χ3v) is 9.04. The summed E-state index contributed by atoms with van der Waals surface area (Å²) in [6, 6.07) is 76.1. The Labute approximate surface area is 481 Å². The standard InChI is InChI=1S/C48H35N.14C2H6/c1-8-22-36(23-9-1)43-44(37-24-10-2-11-25-37)46(39-28-14-4-15-29-39)48(49(41-32-18-6-19-33-41)42-34-20-7-21-35-42)47(40-30-16-5-17-31-40)45(43)38-26-12-3-13-27-38;14*1-2/h1-35H;14*1-2H3. The Morgan fingerprint density at radius 3 is 0.455 bits per heavy atom. The van der Waals surface area contributed by atoms with Gasteiger partial charge in [0.1, 0.15) is 0 Å². The van der Waals surface area contributed by atoms with Crippen molar-refractivity contribution in [3.8, 4) is 55.6 Å². The summed E-state index contributed by atoms with van der Waals surface area (Å²) in [6.45, 7) is 56.0. The van der Waals surface area contributed by atoms with Crippen molar-refractivity contribution in [1.82, 2.24) is 0 Å². The van der Waals surface area contributed by atoms with Crippen LogP contribution in [0.25, 0.3) is 55.6 Å². The molecule has 0 N–H and O–H groups in total. The molecule has 0 aromatic heterocycles. The van der Waals surface area contributed by atoms with E-state index in [1.165, 1.54) is 44.5 Å². The number of hydrogen-bond donors (Lipinski definition) is 0. The Bertz CT molecular complexity index is 2120. The summed E-state index contributed by atoms with van der Waals surface area (Å²) in [5.41, 5.74) is 15.1. The van der Waals surface area contributed by atoms with Crippen molar-refractivity contribution < 1.29 is 0 Å². The summed E-state index contributed by atoms with van der Waals surface area (Å²) in [6.07, 6.45) is 0. The van der Waals surface area contributed by atoms with Crippen molar-refractivity contribution in [3.63, 3.8) is 0 Å². The normalized spacial score (nSPS) is 8.00. The highest BCUT2D eigenvalue weighted by atomic mass is 15.1. The first kappa shape index (κ1) is 84.5. The van der Waals surface area contributed by atoms with Crippen molar-refractivity contribution >= 4 is 17.1 Å². The molecule has 77 heavy (non-hydrogen) atoms. The van der Waals surface area contributed by atoms with Gasteiger partial charge >= 0.3 is 0 Å². The molecule has 0 atom stereocenters. The fourth-order valence-corrected chi connectivity index (χ4v) is 6.97. The van der Waals surface area contributed by atoms with E-state index in [0.29, 0.717) is 0 Å². The van der Waals surface area contributed by atoms with Crippen LogP contribution in [0.2, 0.25) is 0 Å². The van der Waals surface area contributed by atoms with E-state index >= 15 is 0 Å². The molecule has 0 bridgehead atoms. The third-order valence-electron chi connectivity index (χ3n) is 9.04. The largest absolute Gasteiger partial charge is 0.309 e. The van der Waals surface area contributed by atoms with Gasteiger partial charge < -0.3 is 4.90 Å². The highest BCUT2D eigenvalue weighted by Crippen LogP contribution is 2.58. The van der Waals surface area contributed by atoms with Crippen LogP contribution in [0.5, 0.6) is 0 Å². The highest BCUT2D eigenvalue weighted by Gasteiger charge is 2.31. The maximum Gasteiger partial charge on any atom is 0.0631 e. The molecule has 0 aliphatic carbocycles. The zero-order valence-corrected chi connectivity index (χ0v) is 55.2. The van der Waals surface area contributed by atoms with E-state index < -0.39 is 0 Å². The Balaban J connectivity index is -0.000000306. The monoisotopic (exact) mass is 1050 g/mol. The molecule has 0 saturated carbocycles. The molecule has 0 radical (unpaired) electrons. The molecule has 0 aliphatic heterocycles. The lowest BCUT2D eigenvalue weighted by Crippen LogP contribution is -2.14. The van der Waals surface area contributed by atoms with Gasteiger partial charge in [0.05, 0.1) is 5.69 Å². The molecule has 428 valence electrons. The lowest BCUT2D eigenvalue weighted by molar-refractivity contribution is 1.28. The van der Waals surface area contributed by atoms with Crippen LogP contribution in [-0.4, -0.2) is 0 Å². The van der Waals surface area contributed by atoms with Gasteiger partial charge in [0.15, 0.2) is 0 Å². The maximum absolute atomic E-state index is 2.46. The predicted molar refractivity (Wildman–Crippen MR) is 367 cm³/mol. The summed E-state index contributed by atoms with van der Waals surface area (Å²) < 4.78 is 0. The van der Waals surface area contributed by atoms with Crippen molar-refractivity contribution in [3.05, 3.63) is 212 Å². The summed E-state index contributed by atoms with van der Waals surface area (Å²) in [5, 5.41) is 0. The number of rotatable bonds is 8. The quantitative estimate of drug-likeness (QED) is 0.147. The average Bonchev–Trinajstić information content (AvgIpc) is 3.58. The van der Waals surface area contributed by atoms with Crippen molar-refractivity contribution in [1.29, 1.82) is 0 Å². The van der Waals surface area contributed by atoms with Crippen LogP contribution in [0.3, 0.4) is 0 Å². The fraction of sp³-hybridized carbons (Fsp3) is 0.368. The number of anilines is 3. The second-order valence-electron chi connectivity index (χ2n) is 12.1. The number of benzene rings is 8. The predicted octanol–water partition coefficient (Wildman–Crippen LogP) is 27.9. The molecule has 0 saturated heterocycles. The van der Waals surface area contributed by atoms with Crippen LogP contribution in [-0.2, 0) is 0 Å². The Kier molecular flexibility index (Phi) is 72.1. The van der Waals surface area contributed by atoms with E-state index in [2.05, 4.69) is 217 Å². The van der Waals surface area contributed by atoms with Gasteiger partial charge in [-0.05, 0) is 57.6 Å². The van der Waals surface area contributed by atoms with Gasteiger partial charge in [0.25, 0.3) is 0 Å². The number of hydrogen-bond acceptors (Lipinski definition) is 1. The van der Waals surface area contributed by atoms with Crippen LogP contribution < -0.4 is 4.90 Å². The fourth-order valence-electron chi connectivity index (χ4n) is 6.97. The summed E-state index contributed by atoms with van der Waals surface area (Å²) in [5.74, 6) is 0. The van der Waals surface area contributed by atoms with E-state index in [-0.39, 0.29) is 0 Å². The van der Waals surface area contributed by atoms with Gasteiger partial charge in [-0.2, -0.15) is 0 Å². The van der Waals surface area contributed by atoms with E-state index in [4.69, 9.17) is 0 Å². The first-order valence-corrected chi connectivity index (χ1v) is 30.8. The molecule has 0 spiro atoms. The zero-order chi connectivity index (χ0) is 60.8. The van der Waals surface area contributed by atoms with Gasteiger partial charge in [-0.1, -0.05) is 382 Å². The smallest absolute Gasteiger partial charge is 0.0631 e. The van der Waals surface area contributed by atoms with Crippen LogP contribution in [0, 0.1) is 0 Å².